The number of carbonyl (C=O) groups excluding carboxylic acids is 2. The molecule has 2 aromatic carbocycles. The average Bonchev–Trinajstić information content (AvgIpc) is 2.55. The number of esters is 1. The first-order valence-corrected chi connectivity index (χ1v) is 6.94. The summed E-state index contributed by atoms with van der Waals surface area (Å²) >= 11 is 5.82. The van der Waals surface area contributed by atoms with Gasteiger partial charge in [-0.15, -0.1) is 0 Å². The van der Waals surface area contributed by atoms with Crippen LogP contribution >= 0.6 is 11.6 Å². The van der Waals surface area contributed by atoms with Gasteiger partial charge in [0.05, 0.1) is 17.8 Å². The van der Waals surface area contributed by atoms with Gasteiger partial charge in [0.15, 0.2) is 6.61 Å². The summed E-state index contributed by atoms with van der Waals surface area (Å²) in [5.74, 6) is -1.35. The molecule has 0 bridgehead atoms. The fourth-order valence-electron chi connectivity index (χ4n) is 1.79. The van der Waals surface area contributed by atoms with Crippen LogP contribution in [0.15, 0.2) is 42.5 Å². The summed E-state index contributed by atoms with van der Waals surface area (Å²) in [6.07, 6.45) is 0. The molecule has 0 fully saturated rings. The Kier molecular flexibility index (Phi) is 5.54. The molecule has 0 aliphatic heterocycles. The summed E-state index contributed by atoms with van der Waals surface area (Å²) in [5.41, 5.74) is 0.477. The molecular weight excluding hydrogens is 325 g/mol. The number of ether oxygens (including phenoxy) is 2. The van der Waals surface area contributed by atoms with Gasteiger partial charge in [0, 0.05) is 0 Å². The standard InChI is InChI=1S/C16H13ClFNO4/c1-22-16(21)11-4-2-3-5-14(11)23-9-15(20)19-13-7-6-10(18)8-12(13)17/h2-8H,9H2,1H3,(H,19,20). The van der Waals surface area contributed by atoms with Gasteiger partial charge in [0.1, 0.15) is 17.1 Å². The molecule has 1 N–H and O–H groups in total. The van der Waals surface area contributed by atoms with E-state index in [4.69, 9.17) is 16.3 Å². The van der Waals surface area contributed by atoms with Crippen molar-refractivity contribution in [2.45, 2.75) is 0 Å². The minimum atomic E-state index is -0.567. The maximum atomic E-state index is 12.9. The van der Waals surface area contributed by atoms with Crippen LogP contribution in [0, 0.1) is 5.82 Å². The Balaban J connectivity index is 2.01. The molecule has 0 radical (unpaired) electrons. The van der Waals surface area contributed by atoms with E-state index in [0.717, 1.165) is 6.07 Å². The summed E-state index contributed by atoms with van der Waals surface area (Å²) in [6, 6.07) is 9.99. The summed E-state index contributed by atoms with van der Waals surface area (Å²) in [6.45, 7) is -0.346. The van der Waals surface area contributed by atoms with Crippen molar-refractivity contribution in [3.63, 3.8) is 0 Å². The Bertz CT molecular complexity index is 736. The molecule has 0 atom stereocenters. The third-order valence-electron chi connectivity index (χ3n) is 2.86. The molecule has 23 heavy (non-hydrogen) atoms. The Morgan fingerprint density at radius 3 is 2.65 bits per heavy atom. The van der Waals surface area contributed by atoms with Crippen LogP contribution in [0.3, 0.4) is 0 Å². The summed E-state index contributed by atoms with van der Waals surface area (Å²) in [4.78, 5) is 23.5. The zero-order valence-electron chi connectivity index (χ0n) is 12.1. The first kappa shape index (κ1) is 16.8. The largest absolute Gasteiger partial charge is 0.483 e. The molecule has 0 saturated carbocycles. The number of rotatable bonds is 5. The van der Waals surface area contributed by atoms with E-state index >= 15 is 0 Å². The molecule has 0 aromatic heterocycles. The minimum absolute atomic E-state index is 0.0771. The predicted octanol–water partition coefficient (Wildman–Crippen LogP) is 3.28. The highest BCUT2D eigenvalue weighted by molar-refractivity contribution is 6.33. The SMILES string of the molecule is COC(=O)c1ccccc1OCC(=O)Nc1ccc(F)cc1Cl. The van der Waals surface area contributed by atoms with E-state index in [-0.39, 0.29) is 28.6 Å². The second kappa shape index (κ2) is 7.60. The Hall–Kier alpha value is -2.60. The first-order chi connectivity index (χ1) is 11.0. The molecular formula is C16H13ClFNO4. The van der Waals surface area contributed by atoms with Crippen LogP contribution in [-0.2, 0) is 9.53 Å². The second-order valence-corrected chi connectivity index (χ2v) is 4.86. The fraction of sp³-hybridized carbons (Fsp3) is 0.125. The van der Waals surface area contributed by atoms with Crippen molar-refractivity contribution >= 4 is 29.2 Å². The van der Waals surface area contributed by atoms with Gasteiger partial charge in [-0.3, -0.25) is 4.79 Å². The van der Waals surface area contributed by atoms with Crippen molar-refractivity contribution in [1.82, 2.24) is 0 Å². The predicted molar refractivity (Wildman–Crippen MR) is 83.3 cm³/mol. The molecule has 0 heterocycles. The first-order valence-electron chi connectivity index (χ1n) is 6.56. The van der Waals surface area contributed by atoms with E-state index in [1.165, 1.54) is 25.3 Å². The number of carbonyl (C=O) groups is 2. The molecule has 0 saturated heterocycles. The van der Waals surface area contributed by atoms with Gasteiger partial charge < -0.3 is 14.8 Å². The van der Waals surface area contributed by atoms with Crippen LogP contribution < -0.4 is 10.1 Å². The van der Waals surface area contributed by atoms with Crippen LogP contribution in [-0.4, -0.2) is 25.6 Å². The third kappa shape index (κ3) is 4.43. The zero-order valence-corrected chi connectivity index (χ0v) is 12.9. The van der Waals surface area contributed by atoms with Crippen molar-refractivity contribution in [2.75, 3.05) is 19.0 Å². The van der Waals surface area contributed by atoms with Gasteiger partial charge in [-0.25, -0.2) is 9.18 Å². The third-order valence-corrected chi connectivity index (χ3v) is 3.17. The summed E-state index contributed by atoms with van der Waals surface area (Å²) < 4.78 is 22.9. The molecule has 5 nitrogen and oxygen atoms in total. The van der Waals surface area contributed by atoms with E-state index in [9.17, 15) is 14.0 Å². The molecule has 120 valence electrons. The number of hydrogen-bond donors (Lipinski definition) is 1. The summed E-state index contributed by atoms with van der Waals surface area (Å²) in [5, 5.41) is 2.57. The number of hydrogen-bond acceptors (Lipinski definition) is 4. The lowest BCUT2D eigenvalue weighted by Crippen LogP contribution is -2.21. The number of para-hydroxylation sites is 1. The molecule has 0 aliphatic carbocycles. The van der Waals surface area contributed by atoms with Crippen LogP contribution in [0.25, 0.3) is 0 Å². The molecule has 2 aromatic rings. The minimum Gasteiger partial charge on any atom is -0.483 e. The van der Waals surface area contributed by atoms with Crippen molar-refractivity contribution < 1.29 is 23.5 Å². The lowest BCUT2D eigenvalue weighted by atomic mass is 10.2. The van der Waals surface area contributed by atoms with Crippen molar-refractivity contribution in [3.05, 3.63) is 58.9 Å². The zero-order chi connectivity index (χ0) is 16.8. The summed E-state index contributed by atoms with van der Waals surface area (Å²) in [7, 11) is 1.25. The van der Waals surface area contributed by atoms with Crippen molar-refractivity contribution in [1.29, 1.82) is 0 Å². The van der Waals surface area contributed by atoms with Crippen LogP contribution in [0.4, 0.5) is 10.1 Å². The topological polar surface area (TPSA) is 64.6 Å². The fourth-order valence-corrected chi connectivity index (χ4v) is 2.01. The van der Waals surface area contributed by atoms with E-state index in [2.05, 4.69) is 10.1 Å². The van der Waals surface area contributed by atoms with E-state index in [1.54, 1.807) is 18.2 Å². The highest BCUT2D eigenvalue weighted by Gasteiger charge is 2.14. The Labute approximate surface area is 137 Å². The highest BCUT2D eigenvalue weighted by atomic mass is 35.5. The number of anilines is 1. The lowest BCUT2D eigenvalue weighted by Gasteiger charge is -2.11. The number of amides is 1. The molecule has 1 amide bonds. The maximum absolute atomic E-state index is 12.9. The number of halogens is 2. The quantitative estimate of drug-likeness (QED) is 0.850. The van der Waals surface area contributed by atoms with Gasteiger partial charge in [-0.05, 0) is 30.3 Å². The van der Waals surface area contributed by atoms with Gasteiger partial charge in [-0.2, -0.15) is 0 Å². The molecule has 7 heteroatoms. The highest BCUT2D eigenvalue weighted by Crippen LogP contribution is 2.23. The van der Waals surface area contributed by atoms with Crippen molar-refractivity contribution in [3.8, 4) is 5.75 Å². The second-order valence-electron chi connectivity index (χ2n) is 4.45. The maximum Gasteiger partial charge on any atom is 0.341 e. The van der Waals surface area contributed by atoms with E-state index in [1.807, 2.05) is 0 Å². The van der Waals surface area contributed by atoms with E-state index in [0.29, 0.717) is 0 Å². The van der Waals surface area contributed by atoms with Crippen LogP contribution in [0.1, 0.15) is 10.4 Å². The molecule has 2 rings (SSSR count). The molecule has 0 aliphatic rings. The van der Waals surface area contributed by atoms with Crippen molar-refractivity contribution in [2.24, 2.45) is 0 Å². The van der Waals surface area contributed by atoms with Crippen LogP contribution in [0.2, 0.25) is 5.02 Å². The normalized spacial score (nSPS) is 10.0. The number of benzene rings is 2. The Morgan fingerprint density at radius 2 is 1.96 bits per heavy atom. The van der Waals surface area contributed by atoms with Crippen LogP contribution in [0.5, 0.6) is 5.75 Å². The molecule has 0 unspecified atom stereocenters. The average molecular weight is 338 g/mol. The number of nitrogens with one attached hydrogen (secondary N) is 1. The number of methoxy groups -OCH3 is 1. The smallest absolute Gasteiger partial charge is 0.341 e. The lowest BCUT2D eigenvalue weighted by molar-refractivity contribution is -0.118. The van der Waals surface area contributed by atoms with Gasteiger partial charge in [0.2, 0.25) is 0 Å². The van der Waals surface area contributed by atoms with E-state index < -0.39 is 17.7 Å². The monoisotopic (exact) mass is 337 g/mol. The van der Waals surface area contributed by atoms with Gasteiger partial charge in [0.25, 0.3) is 5.91 Å². The Morgan fingerprint density at radius 1 is 1.22 bits per heavy atom. The van der Waals surface area contributed by atoms with Gasteiger partial charge >= 0.3 is 5.97 Å². The molecule has 0 spiro atoms. The van der Waals surface area contributed by atoms with Gasteiger partial charge in [-0.1, -0.05) is 23.7 Å².